The quantitative estimate of drug-likeness (QED) is 0.752. The van der Waals surface area contributed by atoms with Crippen LogP contribution in [0.3, 0.4) is 0 Å². The van der Waals surface area contributed by atoms with Crippen molar-refractivity contribution in [2.24, 2.45) is 0 Å². The Labute approximate surface area is 129 Å². The summed E-state index contributed by atoms with van der Waals surface area (Å²) in [4.78, 5) is 23.8. The Morgan fingerprint density at radius 1 is 1.36 bits per heavy atom. The molecule has 0 aliphatic carbocycles. The van der Waals surface area contributed by atoms with E-state index in [-0.39, 0.29) is 23.8 Å². The van der Waals surface area contributed by atoms with E-state index < -0.39 is 16.0 Å². The first-order valence-corrected chi connectivity index (χ1v) is 8.46. The van der Waals surface area contributed by atoms with E-state index in [2.05, 4.69) is 4.72 Å². The van der Waals surface area contributed by atoms with Gasteiger partial charge in [-0.2, -0.15) is 0 Å². The van der Waals surface area contributed by atoms with Crippen LogP contribution in [0.2, 0.25) is 0 Å². The number of aliphatic carboxylic acids is 1. The van der Waals surface area contributed by atoms with Gasteiger partial charge in [-0.3, -0.25) is 4.79 Å². The van der Waals surface area contributed by atoms with Crippen LogP contribution in [0.15, 0.2) is 23.1 Å². The van der Waals surface area contributed by atoms with Gasteiger partial charge in [0.05, 0.1) is 4.90 Å². The predicted molar refractivity (Wildman–Crippen MR) is 77.6 cm³/mol. The Morgan fingerprint density at radius 3 is 2.73 bits per heavy atom. The molecule has 1 amide bonds. The average molecular weight is 325 g/mol. The zero-order chi connectivity index (χ0) is 16.3. The highest BCUT2D eigenvalue weighted by atomic mass is 32.2. The maximum Gasteiger partial charge on any atom is 0.240 e. The minimum Gasteiger partial charge on any atom is -0.550 e. The Morgan fingerprint density at radius 2 is 2.09 bits per heavy atom. The number of carbonyl (C=O) groups excluding carboxylic acids is 2. The number of nitrogens with one attached hydrogen (secondary N) is 1. The van der Waals surface area contributed by atoms with Gasteiger partial charge in [0.2, 0.25) is 15.9 Å². The summed E-state index contributed by atoms with van der Waals surface area (Å²) in [5.74, 6) is -1.31. The van der Waals surface area contributed by atoms with E-state index in [1.165, 1.54) is 12.1 Å². The first-order chi connectivity index (χ1) is 10.3. The molecule has 1 aromatic carbocycles. The molecule has 1 aliphatic heterocycles. The summed E-state index contributed by atoms with van der Waals surface area (Å²) in [6.45, 7) is 2.10. The topological polar surface area (TPSA) is 107 Å². The largest absolute Gasteiger partial charge is 0.550 e. The van der Waals surface area contributed by atoms with E-state index in [0.717, 1.165) is 11.3 Å². The maximum absolute atomic E-state index is 12.1. The molecule has 0 fully saturated rings. The van der Waals surface area contributed by atoms with Crippen LogP contribution in [0.5, 0.6) is 0 Å². The number of sulfonamides is 1. The SMILES string of the molecule is CCC(=O)N1CCc2cc(S(=O)(=O)NCCC(=O)[O-])ccc21. The third kappa shape index (κ3) is 3.45. The van der Waals surface area contributed by atoms with E-state index in [0.29, 0.717) is 19.4 Å². The molecule has 0 aromatic heterocycles. The summed E-state index contributed by atoms with van der Waals surface area (Å²) < 4.78 is 26.4. The molecule has 0 radical (unpaired) electrons. The van der Waals surface area contributed by atoms with Crippen molar-refractivity contribution >= 4 is 27.6 Å². The third-order valence-corrected chi connectivity index (χ3v) is 4.94. The molecule has 1 heterocycles. The molecule has 1 aromatic rings. The van der Waals surface area contributed by atoms with Crippen LogP contribution in [0.4, 0.5) is 5.69 Å². The minimum atomic E-state index is -3.77. The van der Waals surface area contributed by atoms with Gasteiger partial charge in [0.25, 0.3) is 0 Å². The second kappa shape index (κ2) is 6.45. The summed E-state index contributed by atoms with van der Waals surface area (Å²) >= 11 is 0. The number of fused-ring (bicyclic) bond motifs is 1. The molecule has 0 spiro atoms. The lowest BCUT2D eigenvalue weighted by molar-refractivity contribution is -0.305. The second-order valence-electron chi connectivity index (χ2n) is 4.96. The van der Waals surface area contributed by atoms with E-state index in [9.17, 15) is 23.1 Å². The molecule has 7 nitrogen and oxygen atoms in total. The number of nitrogens with zero attached hydrogens (tertiary/aromatic N) is 1. The molecular weight excluding hydrogens is 308 g/mol. The van der Waals surface area contributed by atoms with Crippen LogP contribution in [0.1, 0.15) is 25.3 Å². The summed E-state index contributed by atoms with van der Waals surface area (Å²) in [5.41, 5.74) is 1.53. The Kier molecular flexibility index (Phi) is 4.82. The van der Waals surface area contributed by atoms with Gasteiger partial charge in [0.1, 0.15) is 0 Å². The lowest BCUT2D eigenvalue weighted by Gasteiger charge is -2.16. The monoisotopic (exact) mass is 325 g/mol. The molecule has 2 rings (SSSR count). The standard InChI is InChI=1S/C14H18N2O5S/c1-2-13(17)16-8-6-10-9-11(3-4-12(10)16)22(20,21)15-7-5-14(18)19/h3-4,9,15H,2,5-8H2,1H3,(H,18,19)/p-1. The van der Waals surface area contributed by atoms with Crippen molar-refractivity contribution in [1.29, 1.82) is 0 Å². The highest BCUT2D eigenvalue weighted by Gasteiger charge is 2.25. The maximum atomic E-state index is 12.1. The lowest BCUT2D eigenvalue weighted by Crippen LogP contribution is -2.31. The number of benzene rings is 1. The second-order valence-corrected chi connectivity index (χ2v) is 6.73. The van der Waals surface area contributed by atoms with Crippen molar-refractivity contribution in [3.63, 3.8) is 0 Å². The molecule has 1 aliphatic rings. The van der Waals surface area contributed by atoms with Crippen molar-refractivity contribution in [2.45, 2.75) is 31.1 Å². The molecule has 0 saturated carbocycles. The number of amides is 1. The first kappa shape index (κ1) is 16.4. The van der Waals surface area contributed by atoms with Crippen LogP contribution in [0, 0.1) is 0 Å². The number of rotatable bonds is 6. The summed E-state index contributed by atoms with van der Waals surface area (Å²) in [5, 5.41) is 10.3. The van der Waals surface area contributed by atoms with Crippen LogP contribution >= 0.6 is 0 Å². The van der Waals surface area contributed by atoms with E-state index in [1.807, 2.05) is 0 Å². The fourth-order valence-corrected chi connectivity index (χ4v) is 3.45. The van der Waals surface area contributed by atoms with Crippen molar-refractivity contribution in [3.05, 3.63) is 23.8 Å². The minimum absolute atomic E-state index is 0.00133. The number of hydrogen-bond acceptors (Lipinski definition) is 5. The summed E-state index contributed by atoms with van der Waals surface area (Å²) in [6.07, 6.45) is 0.608. The molecule has 1 N–H and O–H groups in total. The molecule has 0 bridgehead atoms. The van der Waals surface area contributed by atoms with Gasteiger partial charge < -0.3 is 14.8 Å². The summed E-state index contributed by atoms with van der Waals surface area (Å²) in [7, 11) is -3.77. The van der Waals surface area contributed by atoms with Crippen LogP contribution in [-0.4, -0.2) is 33.4 Å². The van der Waals surface area contributed by atoms with Gasteiger partial charge in [0.15, 0.2) is 0 Å². The van der Waals surface area contributed by atoms with Gasteiger partial charge in [-0.1, -0.05) is 6.92 Å². The predicted octanol–water partition coefficient (Wildman–Crippen LogP) is -0.596. The number of hydrogen-bond donors (Lipinski definition) is 1. The lowest BCUT2D eigenvalue weighted by atomic mass is 10.2. The number of carboxylic acid groups (broad SMARTS) is 1. The number of carbonyl (C=O) groups is 2. The zero-order valence-electron chi connectivity index (χ0n) is 12.2. The molecule has 0 saturated heterocycles. The molecular formula is C14H17N2O5S-. The number of carboxylic acids is 1. The third-order valence-electron chi connectivity index (χ3n) is 3.48. The molecule has 8 heteroatoms. The van der Waals surface area contributed by atoms with Crippen molar-refractivity contribution in [3.8, 4) is 0 Å². The Bertz CT molecular complexity index is 699. The first-order valence-electron chi connectivity index (χ1n) is 6.98. The normalized spacial score (nSPS) is 14.0. The molecule has 22 heavy (non-hydrogen) atoms. The molecule has 120 valence electrons. The highest BCUT2D eigenvalue weighted by Crippen LogP contribution is 2.30. The highest BCUT2D eigenvalue weighted by molar-refractivity contribution is 7.89. The van der Waals surface area contributed by atoms with Crippen LogP contribution in [-0.2, 0) is 26.0 Å². The van der Waals surface area contributed by atoms with Crippen molar-refractivity contribution < 1.29 is 23.1 Å². The molecule has 0 unspecified atom stereocenters. The van der Waals surface area contributed by atoms with E-state index in [4.69, 9.17) is 0 Å². The summed E-state index contributed by atoms with van der Waals surface area (Å²) in [6, 6.07) is 4.56. The fraction of sp³-hybridized carbons (Fsp3) is 0.429. The van der Waals surface area contributed by atoms with Gasteiger partial charge in [-0.15, -0.1) is 0 Å². The van der Waals surface area contributed by atoms with Crippen LogP contribution in [0.25, 0.3) is 0 Å². The van der Waals surface area contributed by atoms with E-state index >= 15 is 0 Å². The van der Waals surface area contributed by atoms with E-state index in [1.54, 1.807) is 17.9 Å². The molecule has 0 atom stereocenters. The van der Waals surface area contributed by atoms with Crippen molar-refractivity contribution in [1.82, 2.24) is 4.72 Å². The van der Waals surface area contributed by atoms with Gasteiger partial charge in [0, 0.05) is 37.6 Å². The van der Waals surface area contributed by atoms with Crippen molar-refractivity contribution in [2.75, 3.05) is 18.0 Å². The zero-order valence-corrected chi connectivity index (χ0v) is 13.0. The smallest absolute Gasteiger partial charge is 0.240 e. The Hall–Kier alpha value is -1.93. The van der Waals surface area contributed by atoms with Gasteiger partial charge in [-0.05, 0) is 30.2 Å². The Balaban J connectivity index is 2.18. The number of anilines is 1. The average Bonchev–Trinajstić information content (AvgIpc) is 2.88. The fourth-order valence-electron chi connectivity index (χ4n) is 2.37. The van der Waals surface area contributed by atoms with Gasteiger partial charge in [-0.25, -0.2) is 13.1 Å². The van der Waals surface area contributed by atoms with Crippen LogP contribution < -0.4 is 14.7 Å². The van der Waals surface area contributed by atoms with Gasteiger partial charge >= 0.3 is 0 Å².